The zero-order valence-electron chi connectivity index (χ0n) is 32.8. The second-order valence-electron chi connectivity index (χ2n) is 14.3. The fraction of sp³-hybridized carbons (Fsp3) is 0.271. The molecule has 59 heavy (non-hydrogen) atoms. The summed E-state index contributed by atoms with van der Waals surface area (Å²) in [4.78, 5) is 65.8. The van der Waals surface area contributed by atoms with Crippen LogP contribution >= 0.6 is 0 Å². The predicted octanol–water partition coefficient (Wildman–Crippen LogP) is 7.95. The molecule has 2 N–H and O–H groups in total. The Hall–Kier alpha value is -6.75. The number of rotatable bonds is 20. The maximum Gasteiger partial charge on any atom is 0.407 e. The summed E-state index contributed by atoms with van der Waals surface area (Å²) in [6.07, 6.45) is -0.0217. The van der Waals surface area contributed by atoms with E-state index < -0.39 is 36.0 Å². The Bertz CT molecular complexity index is 2120. The Kier molecular flexibility index (Phi) is 15.4. The van der Waals surface area contributed by atoms with Gasteiger partial charge in [-0.05, 0) is 58.2 Å². The molecule has 0 heterocycles. The van der Waals surface area contributed by atoms with Gasteiger partial charge in [-0.2, -0.15) is 0 Å². The van der Waals surface area contributed by atoms with Crippen molar-refractivity contribution in [3.05, 3.63) is 167 Å². The summed E-state index contributed by atoms with van der Waals surface area (Å²) in [6, 6.07) is 41.3. The smallest absolute Gasteiger partial charge is 0.407 e. The van der Waals surface area contributed by atoms with E-state index in [4.69, 9.17) is 18.9 Å². The highest BCUT2D eigenvalue weighted by atomic mass is 16.6. The third kappa shape index (κ3) is 12.6. The molecule has 304 valence electrons. The van der Waals surface area contributed by atoms with E-state index in [1.807, 2.05) is 127 Å². The summed E-state index contributed by atoms with van der Waals surface area (Å²) in [6.45, 7) is 0.172. The predicted molar refractivity (Wildman–Crippen MR) is 220 cm³/mol. The van der Waals surface area contributed by atoms with E-state index in [9.17, 15) is 24.0 Å². The van der Waals surface area contributed by atoms with Crippen LogP contribution in [0.5, 0.6) is 0 Å². The molecule has 5 aromatic rings. The fourth-order valence-electron chi connectivity index (χ4n) is 6.91. The van der Waals surface area contributed by atoms with E-state index in [2.05, 4.69) is 10.6 Å². The van der Waals surface area contributed by atoms with Crippen molar-refractivity contribution >= 4 is 29.9 Å². The van der Waals surface area contributed by atoms with Crippen molar-refractivity contribution in [3.63, 3.8) is 0 Å². The monoisotopic (exact) mass is 796 g/mol. The molecule has 0 radical (unpaired) electrons. The van der Waals surface area contributed by atoms with E-state index in [0.717, 1.165) is 38.9 Å². The molecule has 2 atom stereocenters. The minimum Gasteiger partial charge on any atom is -0.461 e. The zero-order chi connectivity index (χ0) is 41.2. The molecule has 0 saturated heterocycles. The highest BCUT2D eigenvalue weighted by Crippen LogP contribution is 2.44. The molecule has 0 aliphatic heterocycles. The maximum absolute atomic E-state index is 13.4. The Morgan fingerprint density at radius 1 is 0.475 bits per heavy atom. The van der Waals surface area contributed by atoms with Gasteiger partial charge in [-0.1, -0.05) is 146 Å². The number of nitrogens with one attached hydrogen (secondary N) is 2. The standard InChI is InChI=1S/C48H48N2O9/c51-44(49-42(46(53)57-31-35-18-6-2-7-19-35)26-14-15-27-45(52)56-30-34-16-4-1-5-17-34)29-28-43(47(54)58-32-36-20-8-3-9-21-36)50-48(55)59-33-41-39-24-12-10-22-37(39)38-23-11-13-25-40(38)41/h1-13,16-25,41-43H,14-15,26-33H2,(H,49,51)(H,50,55)/t42?,43-/m1/s1. The third-order valence-corrected chi connectivity index (χ3v) is 10.0. The molecule has 1 unspecified atom stereocenters. The highest BCUT2D eigenvalue weighted by Gasteiger charge is 2.31. The van der Waals surface area contributed by atoms with Crippen LogP contribution in [0.2, 0.25) is 0 Å². The minimum atomic E-state index is -1.23. The molecule has 11 heteroatoms. The zero-order valence-corrected chi connectivity index (χ0v) is 32.8. The van der Waals surface area contributed by atoms with Gasteiger partial charge in [0, 0.05) is 18.8 Å². The lowest BCUT2D eigenvalue weighted by molar-refractivity contribution is -0.150. The van der Waals surface area contributed by atoms with Crippen molar-refractivity contribution in [2.45, 2.75) is 76.3 Å². The molecule has 11 nitrogen and oxygen atoms in total. The van der Waals surface area contributed by atoms with Crippen LogP contribution in [0.3, 0.4) is 0 Å². The number of hydrogen-bond donors (Lipinski definition) is 2. The molecule has 0 aromatic heterocycles. The largest absolute Gasteiger partial charge is 0.461 e. The van der Waals surface area contributed by atoms with Crippen molar-refractivity contribution < 1.29 is 42.9 Å². The van der Waals surface area contributed by atoms with Gasteiger partial charge >= 0.3 is 24.0 Å². The first-order valence-electron chi connectivity index (χ1n) is 19.9. The third-order valence-electron chi connectivity index (χ3n) is 10.0. The van der Waals surface area contributed by atoms with E-state index in [1.54, 1.807) is 12.1 Å². The number of alkyl carbamates (subject to hydrolysis) is 1. The lowest BCUT2D eigenvalue weighted by Crippen LogP contribution is -2.45. The molecular weight excluding hydrogens is 749 g/mol. The first kappa shape index (κ1) is 41.9. The Morgan fingerprint density at radius 3 is 1.46 bits per heavy atom. The molecule has 0 bridgehead atoms. The van der Waals surface area contributed by atoms with Crippen LogP contribution in [0.15, 0.2) is 140 Å². The first-order valence-corrected chi connectivity index (χ1v) is 19.9. The number of ether oxygens (including phenoxy) is 4. The molecule has 5 aromatic carbocycles. The van der Waals surface area contributed by atoms with Gasteiger partial charge in [-0.15, -0.1) is 0 Å². The van der Waals surface area contributed by atoms with E-state index in [0.29, 0.717) is 12.8 Å². The summed E-state index contributed by atoms with van der Waals surface area (Å²) < 4.78 is 22.2. The summed E-state index contributed by atoms with van der Waals surface area (Å²) >= 11 is 0. The number of esters is 3. The van der Waals surface area contributed by atoms with Crippen LogP contribution in [-0.2, 0) is 57.9 Å². The van der Waals surface area contributed by atoms with E-state index in [1.165, 1.54) is 0 Å². The highest BCUT2D eigenvalue weighted by molar-refractivity contribution is 5.86. The maximum atomic E-state index is 13.4. The van der Waals surface area contributed by atoms with Crippen molar-refractivity contribution in [1.29, 1.82) is 0 Å². The van der Waals surface area contributed by atoms with Crippen LogP contribution in [0, 0.1) is 0 Å². The number of fused-ring (bicyclic) bond motifs is 3. The van der Waals surface area contributed by atoms with Gasteiger partial charge in [0.15, 0.2) is 0 Å². The first-order chi connectivity index (χ1) is 28.8. The Labute approximate surface area is 344 Å². The summed E-state index contributed by atoms with van der Waals surface area (Å²) in [5.74, 6) is -2.47. The average molecular weight is 797 g/mol. The van der Waals surface area contributed by atoms with Gasteiger partial charge in [0.05, 0.1) is 0 Å². The van der Waals surface area contributed by atoms with Crippen molar-refractivity contribution in [1.82, 2.24) is 10.6 Å². The van der Waals surface area contributed by atoms with Gasteiger partial charge in [-0.3, -0.25) is 9.59 Å². The van der Waals surface area contributed by atoms with Crippen LogP contribution < -0.4 is 10.6 Å². The average Bonchev–Trinajstić information content (AvgIpc) is 3.60. The Balaban J connectivity index is 1.05. The quantitative estimate of drug-likeness (QED) is 0.0455. The normalized spacial score (nSPS) is 12.5. The van der Waals surface area contributed by atoms with Gasteiger partial charge in [0.25, 0.3) is 0 Å². The number of carbonyl (C=O) groups excluding carboxylic acids is 5. The van der Waals surface area contributed by atoms with Crippen LogP contribution in [0.4, 0.5) is 4.79 Å². The van der Waals surface area contributed by atoms with Crippen LogP contribution in [0.1, 0.15) is 72.3 Å². The fourth-order valence-corrected chi connectivity index (χ4v) is 6.91. The lowest BCUT2D eigenvalue weighted by atomic mass is 9.98. The molecule has 0 saturated carbocycles. The van der Waals surface area contributed by atoms with Crippen molar-refractivity contribution in [2.75, 3.05) is 6.61 Å². The second kappa shape index (κ2) is 21.7. The number of benzene rings is 5. The number of amides is 2. The van der Waals surface area contributed by atoms with Crippen molar-refractivity contribution in [2.24, 2.45) is 0 Å². The molecule has 0 spiro atoms. The summed E-state index contributed by atoms with van der Waals surface area (Å²) in [5, 5.41) is 5.37. The van der Waals surface area contributed by atoms with E-state index in [-0.39, 0.29) is 64.0 Å². The molecule has 0 fully saturated rings. The number of hydrogen-bond acceptors (Lipinski definition) is 9. The van der Waals surface area contributed by atoms with Crippen LogP contribution in [-0.4, -0.2) is 48.6 Å². The van der Waals surface area contributed by atoms with Gasteiger partial charge in [0.2, 0.25) is 5.91 Å². The minimum absolute atomic E-state index is 0.0112. The molecular formula is C48H48N2O9. The second-order valence-corrected chi connectivity index (χ2v) is 14.3. The van der Waals surface area contributed by atoms with Gasteiger partial charge in [-0.25, -0.2) is 14.4 Å². The molecule has 1 aliphatic rings. The molecule has 6 rings (SSSR count). The number of carbonyl (C=O) groups is 5. The van der Waals surface area contributed by atoms with E-state index >= 15 is 0 Å². The van der Waals surface area contributed by atoms with Crippen molar-refractivity contribution in [3.8, 4) is 11.1 Å². The lowest BCUT2D eigenvalue weighted by Gasteiger charge is -2.20. The number of unbranched alkanes of at least 4 members (excludes halogenated alkanes) is 1. The van der Waals surface area contributed by atoms with Crippen LogP contribution in [0.25, 0.3) is 11.1 Å². The topological polar surface area (TPSA) is 146 Å². The van der Waals surface area contributed by atoms with Gasteiger partial charge < -0.3 is 29.6 Å². The molecule has 2 amide bonds. The Morgan fingerprint density at radius 2 is 0.932 bits per heavy atom. The molecule has 1 aliphatic carbocycles. The summed E-state index contributed by atoms with van der Waals surface area (Å²) in [5.41, 5.74) is 6.64. The SMILES string of the molecule is O=C(CC[C@@H](NC(=O)OCC1c2ccccc2-c2ccccc21)C(=O)OCc1ccccc1)NC(CCCCC(=O)OCc1ccccc1)C(=O)OCc1ccccc1. The summed E-state index contributed by atoms with van der Waals surface area (Å²) in [7, 11) is 0. The van der Waals surface area contributed by atoms with Gasteiger partial charge in [0.1, 0.15) is 38.5 Å².